The van der Waals surface area contributed by atoms with Crippen LogP contribution < -0.4 is 11.1 Å². The topological polar surface area (TPSA) is 55.1 Å². The summed E-state index contributed by atoms with van der Waals surface area (Å²) in [4.78, 5) is 12.3. The summed E-state index contributed by atoms with van der Waals surface area (Å²) in [5, 5.41) is 3.04. The zero-order valence-corrected chi connectivity index (χ0v) is 12.3. The molecule has 2 aromatic carbocycles. The van der Waals surface area contributed by atoms with Crippen LogP contribution >= 0.6 is 0 Å². The molecule has 0 heterocycles. The molecule has 1 unspecified atom stereocenters. The molecule has 21 heavy (non-hydrogen) atoms. The van der Waals surface area contributed by atoms with Crippen LogP contribution in [-0.2, 0) is 11.2 Å². The maximum Gasteiger partial charge on any atom is 0.237 e. The minimum atomic E-state index is -0.523. The molecule has 0 aromatic heterocycles. The zero-order valence-electron chi connectivity index (χ0n) is 12.3. The molecule has 0 saturated heterocycles. The highest BCUT2D eigenvalue weighted by molar-refractivity contribution is 5.82. The molecule has 110 valence electrons. The lowest BCUT2D eigenvalue weighted by Crippen LogP contribution is -2.43. The molecule has 3 N–H and O–H groups in total. The normalized spacial score (nSPS) is 13.4. The number of nitrogens with one attached hydrogen (secondary N) is 1. The Kier molecular flexibility index (Phi) is 5.52. The second kappa shape index (κ2) is 7.60. The summed E-state index contributed by atoms with van der Waals surface area (Å²) >= 11 is 0. The number of carbonyl (C=O) groups is 1. The monoisotopic (exact) mass is 282 g/mol. The summed E-state index contributed by atoms with van der Waals surface area (Å²) in [5.74, 6) is -0.102. The third kappa shape index (κ3) is 4.43. The van der Waals surface area contributed by atoms with Crippen LogP contribution in [0.1, 0.15) is 30.5 Å². The summed E-state index contributed by atoms with van der Waals surface area (Å²) in [6.45, 7) is 2.06. The van der Waals surface area contributed by atoms with Gasteiger partial charge in [-0.15, -0.1) is 0 Å². The first-order valence-electron chi connectivity index (χ1n) is 7.35. The highest BCUT2D eigenvalue weighted by Crippen LogP contribution is 2.16. The van der Waals surface area contributed by atoms with Gasteiger partial charge >= 0.3 is 0 Å². The summed E-state index contributed by atoms with van der Waals surface area (Å²) in [7, 11) is 0. The van der Waals surface area contributed by atoms with Crippen LogP contribution in [0.4, 0.5) is 0 Å². The van der Waals surface area contributed by atoms with Crippen LogP contribution in [0.25, 0.3) is 0 Å². The van der Waals surface area contributed by atoms with Crippen molar-refractivity contribution in [3.8, 4) is 0 Å². The van der Waals surface area contributed by atoms with Crippen molar-refractivity contribution in [2.75, 3.05) is 0 Å². The molecule has 2 atom stereocenters. The number of nitrogens with two attached hydrogens (primary N) is 1. The van der Waals surface area contributed by atoms with E-state index in [0.717, 1.165) is 17.5 Å². The summed E-state index contributed by atoms with van der Waals surface area (Å²) in [6.07, 6.45) is 1.39. The number of amides is 1. The van der Waals surface area contributed by atoms with E-state index in [1.807, 2.05) is 60.7 Å². The summed E-state index contributed by atoms with van der Waals surface area (Å²) in [6, 6.07) is 19.3. The Labute approximate surface area is 126 Å². The lowest BCUT2D eigenvalue weighted by atomic mass is 10.0. The highest BCUT2D eigenvalue weighted by atomic mass is 16.2. The molecule has 3 heteroatoms. The molecule has 0 aliphatic heterocycles. The van der Waals surface area contributed by atoms with Gasteiger partial charge in [-0.25, -0.2) is 0 Å². The molecular formula is C18H22N2O. The molecule has 0 bridgehead atoms. The van der Waals surface area contributed by atoms with E-state index in [2.05, 4.69) is 12.2 Å². The maximum atomic E-state index is 12.3. The first-order chi connectivity index (χ1) is 10.2. The average molecular weight is 282 g/mol. The fourth-order valence-electron chi connectivity index (χ4n) is 2.35. The van der Waals surface area contributed by atoms with Crippen LogP contribution in [0.15, 0.2) is 60.7 Å². The predicted octanol–water partition coefficient (Wildman–Crippen LogP) is 2.82. The van der Waals surface area contributed by atoms with E-state index in [1.165, 1.54) is 0 Å². The Balaban J connectivity index is 1.96. The standard InChI is InChI=1S/C18H22N2O/c1-2-17(15-11-7-4-8-12-15)20-18(21)16(19)13-14-9-5-3-6-10-14/h3-12,16-17H,2,13,19H2,1H3,(H,20,21)/t16-,17?/m1/s1. The number of hydrogen-bond acceptors (Lipinski definition) is 2. The smallest absolute Gasteiger partial charge is 0.237 e. The van der Waals surface area contributed by atoms with Crippen molar-refractivity contribution in [3.05, 3.63) is 71.8 Å². The summed E-state index contributed by atoms with van der Waals surface area (Å²) in [5.41, 5.74) is 8.21. The van der Waals surface area contributed by atoms with Crippen LogP contribution in [0.3, 0.4) is 0 Å². The van der Waals surface area contributed by atoms with E-state index in [1.54, 1.807) is 0 Å². The van der Waals surface area contributed by atoms with Crippen molar-refractivity contribution in [1.29, 1.82) is 0 Å². The molecule has 0 aliphatic rings. The second-order valence-electron chi connectivity index (χ2n) is 5.18. The van der Waals surface area contributed by atoms with Gasteiger partial charge in [-0.3, -0.25) is 4.79 Å². The Bertz CT molecular complexity index is 554. The molecule has 2 aromatic rings. The SMILES string of the molecule is CCC(NC(=O)[C@H](N)Cc1ccccc1)c1ccccc1. The van der Waals surface area contributed by atoms with E-state index >= 15 is 0 Å². The van der Waals surface area contributed by atoms with Crippen molar-refractivity contribution < 1.29 is 4.79 Å². The van der Waals surface area contributed by atoms with Crippen molar-refractivity contribution >= 4 is 5.91 Å². The van der Waals surface area contributed by atoms with E-state index < -0.39 is 6.04 Å². The minimum Gasteiger partial charge on any atom is -0.348 e. The molecule has 0 aliphatic carbocycles. The summed E-state index contributed by atoms with van der Waals surface area (Å²) < 4.78 is 0. The number of rotatable bonds is 6. The van der Waals surface area contributed by atoms with E-state index in [0.29, 0.717) is 6.42 Å². The Morgan fingerprint density at radius 3 is 2.19 bits per heavy atom. The zero-order chi connectivity index (χ0) is 15.1. The first-order valence-corrected chi connectivity index (χ1v) is 7.35. The number of hydrogen-bond donors (Lipinski definition) is 2. The number of carbonyl (C=O) groups excluding carboxylic acids is 1. The van der Waals surface area contributed by atoms with Gasteiger partial charge in [0.1, 0.15) is 0 Å². The van der Waals surface area contributed by atoms with E-state index in [9.17, 15) is 4.79 Å². The van der Waals surface area contributed by atoms with Crippen molar-refractivity contribution in [2.45, 2.75) is 31.8 Å². The lowest BCUT2D eigenvalue weighted by molar-refractivity contribution is -0.123. The first kappa shape index (κ1) is 15.3. The number of benzene rings is 2. The molecule has 0 radical (unpaired) electrons. The van der Waals surface area contributed by atoms with E-state index in [-0.39, 0.29) is 11.9 Å². The van der Waals surface area contributed by atoms with Crippen molar-refractivity contribution in [2.24, 2.45) is 5.73 Å². The average Bonchev–Trinajstić information content (AvgIpc) is 2.54. The Morgan fingerprint density at radius 2 is 1.62 bits per heavy atom. The van der Waals surface area contributed by atoms with Gasteiger partial charge in [-0.1, -0.05) is 67.6 Å². The van der Waals surface area contributed by atoms with Gasteiger partial charge in [0.25, 0.3) is 0 Å². The molecule has 3 nitrogen and oxygen atoms in total. The molecule has 0 saturated carbocycles. The fourth-order valence-corrected chi connectivity index (χ4v) is 2.35. The van der Waals surface area contributed by atoms with Gasteiger partial charge in [-0.2, -0.15) is 0 Å². The van der Waals surface area contributed by atoms with Gasteiger partial charge in [0.2, 0.25) is 5.91 Å². The van der Waals surface area contributed by atoms with Crippen molar-refractivity contribution in [1.82, 2.24) is 5.32 Å². The largest absolute Gasteiger partial charge is 0.348 e. The Morgan fingerprint density at radius 1 is 1.05 bits per heavy atom. The molecule has 0 fully saturated rings. The van der Waals surface area contributed by atoms with Crippen LogP contribution in [-0.4, -0.2) is 11.9 Å². The third-order valence-corrected chi connectivity index (χ3v) is 3.56. The molecule has 0 spiro atoms. The fraction of sp³-hybridized carbons (Fsp3) is 0.278. The van der Waals surface area contributed by atoms with Crippen LogP contribution in [0, 0.1) is 0 Å². The lowest BCUT2D eigenvalue weighted by Gasteiger charge is -2.20. The quantitative estimate of drug-likeness (QED) is 0.856. The third-order valence-electron chi connectivity index (χ3n) is 3.56. The van der Waals surface area contributed by atoms with Gasteiger partial charge in [0.05, 0.1) is 12.1 Å². The molecule has 2 rings (SSSR count). The van der Waals surface area contributed by atoms with Gasteiger partial charge in [-0.05, 0) is 24.0 Å². The predicted molar refractivity (Wildman–Crippen MR) is 85.7 cm³/mol. The van der Waals surface area contributed by atoms with Crippen LogP contribution in [0.5, 0.6) is 0 Å². The van der Waals surface area contributed by atoms with Gasteiger partial charge in [0, 0.05) is 0 Å². The molecule has 1 amide bonds. The maximum absolute atomic E-state index is 12.3. The van der Waals surface area contributed by atoms with E-state index in [4.69, 9.17) is 5.73 Å². The second-order valence-corrected chi connectivity index (χ2v) is 5.18. The Hall–Kier alpha value is -2.13. The van der Waals surface area contributed by atoms with Gasteiger partial charge < -0.3 is 11.1 Å². The minimum absolute atomic E-state index is 0.0144. The van der Waals surface area contributed by atoms with Crippen LogP contribution in [0.2, 0.25) is 0 Å². The molecular weight excluding hydrogens is 260 g/mol. The van der Waals surface area contributed by atoms with Gasteiger partial charge in [0.15, 0.2) is 0 Å². The van der Waals surface area contributed by atoms with Crippen molar-refractivity contribution in [3.63, 3.8) is 0 Å². The highest BCUT2D eigenvalue weighted by Gasteiger charge is 2.18.